The summed E-state index contributed by atoms with van der Waals surface area (Å²) < 4.78 is 24.9. The van der Waals surface area contributed by atoms with E-state index in [1.165, 1.54) is 10.6 Å². The van der Waals surface area contributed by atoms with Gasteiger partial charge in [-0.1, -0.05) is 0 Å². The van der Waals surface area contributed by atoms with E-state index in [0.29, 0.717) is 18.8 Å². The highest BCUT2D eigenvalue weighted by molar-refractivity contribution is 7.88. The summed E-state index contributed by atoms with van der Waals surface area (Å²) in [6.45, 7) is 3.00. The Morgan fingerprint density at radius 3 is 2.68 bits per heavy atom. The predicted molar refractivity (Wildman–Crippen MR) is 82.7 cm³/mol. The zero-order chi connectivity index (χ0) is 15.7. The lowest BCUT2D eigenvalue weighted by Crippen LogP contribution is -2.38. The number of aromatic amines is 1. The van der Waals surface area contributed by atoms with Crippen molar-refractivity contribution in [3.8, 4) is 11.4 Å². The quantitative estimate of drug-likeness (QED) is 0.920. The van der Waals surface area contributed by atoms with Crippen LogP contribution in [-0.4, -0.2) is 52.2 Å². The molecule has 8 heteroatoms. The van der Waals surface area contributed by atoms with E-state index in [4.69, 9.17) is 0 Å². The number of rotatable bonds is 3. The third-order valence-corrected chi connectivity index (χ3v) is 5.18. The molecule has 1 aliphatic rings. The number of nitrogens with one attached hydrogen (secondary N) is 1. The van der Waals surface area contributed by atoms with Crippen molar-refractivity contribution in [2.45, 2.75) is 25.7 Å². The maximum atomic E-state index is 11.7. The number of hydrogen-bond donors (Lipinski definition) is 1. The molecule has 0 aliphatic carbocycles. The van der Waals surface area contributed by atoms with E-state index in [0.717, 1.165) is 29.9 Å². The first-order valence-corrected chi connectivity index (χ1v) is 9.08. The monoisotopic (exact) mass is 321 g/mol. The molecule has 1 atom stereocenters. The second kappa shape index (κ2) is 5.77. The van der Waals surface area contributed by atoms with E-state index in [9.17, 15) is 8.42 Å². The van der Waals surface area contributed by atoms with E-state index in [1.54, 1.807) is 12.4 Å². The van der Waals surface area contributed by atoms with Gasteiger partial charge in [-0.25, -0.2) is 12.7 Å². The van der Waals surface area contributed by atoms with Crippen molar-refractivity contribution in [3.05, 3.63) is 29.8 Å². The van der Waals surface area contributed by atoms with Gasteiger partial charge in [0.2, 0.25) is 10.0 Å². The van der Waals surface area contributed by atoms with Crippen molar-refractivity contribution in [2.24, 2.45) is 0 Å². The van der Waals surface area contributed by atoms with E-state index in [2.05, 4.69) is 20.2 Å². The summed E-state index contributed by atoms with van der Waals surface area (Å²) in [6, 6.07) is 1.91. The van der Waals surface area contributed by atoms with Gasteiger partial charge < -0.3 is 0 Å². The Morgan fingerprint density at radius 2 is 2.09 bits per heavy atom. The molecule has 3 rings (SSSR count). The van der Waals surface area contributed by atoms with Crippen molar-refractivity contribution >= 4 is 10.0 Å². The SMILES string of the molecule is Cc1cc(-c2cnc(C3CCCN(S(C)(=O)=O)C3)cn2)n[nH]1. The lowest BCUT2D eigenvalue weighted by molar-refractivity contribution is 0.314. The molecule has 0 amide bonds. The maximum Gasteiger partial charge on any atom is 0.211 e. The van der Waals surface area contributed by atoms with Gasteiger partial charge in [0.25, 0.3) is 0 Å². The van der Waals surface area contributed by atoms with Crippen LogP contribution < -0.4 is 0 Å². The average molecular weight is 321 g/mol. The highest BCUT2D eigenvalue weighted by Gasteiger charge is 2.27. The topological polar surface area (TPSA) is 91.8 Å². The standard InChI is InChI=1S/C14H19N5O2S/c1-10-6-12(18-17-10)14-8-15-13(7-16-14)11-4-3-5-19(9-11)22(2,20)21/h6-8,11H,3-5,9H2,1-2H3,(H,17,18). The Kier molecular flexibility index (Phi) is 3.96. The van der Waals surface area contributed by atoms with Crippen LogP contribution in [0.25, 0.3) is 11.4 Å². The summed E-state index contributed by atoms with van der Waals surface area (Å²) in [5, 5.41) is 7.03. The molecular weight excluding hydrogens is 302 g/mol. The van der Waals surface area contributed by atoms with Gasteiger partial charge in [-0.2, -0.15) is 5.10 Å². The minimum Gasteiger partial charge on any atom is -0.282 e. The largest absolute Gasteiger partial charge is 0.282 e. The number of nitrogens with zero attached hydrogens (tertiary/aromatic N) is 4. The molecule has 7 nitrogen and oxygen atoms in total. The first-order valence-electron chi connectivity index (χ1n) is 7.23. The van der Waals surface area contributed by atoms with Crippen LogP contribution in [0.1, 0.15) is 30.1 Å². The summed E-state index contributed by atoms with van der Waals surface area (Å²) in [4.78, 5) is 8.88. The van der Waals surface area contributed by atoms with Gasteiger partial charge in [-0.3, -0.25) is 15.1 Å². The maximum absolute atomic E-state index is 11.7. The van der Waals surface area contributed by atoms with Gasteiger partial charge >= 0.3 is 0 Å². The second-order valence-corrected chi connectivity index (χ2v) is 7.71. The number of sulfonamides is 1. The lowest BCUT2D eigenvalue weighted by Gasteiger charge is -2.30. The summed E-state index contributed by atoms with van der Waals surface area (Å²) in [6.07, 6.45) is 6.46. The second-order valence-electron chi connectivity index (χ2n) is 5.72. The Morgan fingerprint density at radius 1 is 1.27 bits per heavy atom. The minimum absolute atomic E-state index is 0.103. The van der Waals surface area contributed by atoms with Crippen LogP contribution in [-0.2, 0) is 10.0 Å². The molecule has 2 aromatic rings. The summed E-state index contributed by atoms with van der Waals surface area (Å²) in [5.74, 6) is 0.103. The summed E-state index contributed by atoms with van der Waals surface area (Å²) >= 11 is 0. The number of hydrogen-bond acceptors (Lipinski definition) is 5. The van der Waals surface area contributed by atoms with Crippen LogP contribution in [0.15, 0.2) is 18.5 Å². The average Bonchev–Trinajstić information content (AvgIpc) is 2.93. The Labute approximate surface area is 129 Å². The fourth-order valence-electron chi connectivity index (χ4n) is 2.72. The highest BCUT2D eigenvalue weighted by atomic mass is 32.2. The zero-order valence-electron chi connectivity index (χ0n) is 12.7. The van der Waals surface area contributed by atoms with Gasteiger partial charge in [0, 0.05) is 30.9 Å². The summed E-state index contributed by atoms with van der Waals surface area (Å²) in [5.41, 5.74) is 3.28. The fraction of sp³-hybridized carbons (Fsp3) is 0.500. The lowest BCUT2D eigenvalue weighted by atomic mass is 9.96. The number of aromatic nitrogens is 4. The molecule has 2 aromatic heterocycles. The highest BCUT2D eigenvalue weighted by Crippen LogP contribution is 2.27. The molecule has 1 saturated heterocycles. The smallest absolute Gasteiger partial charge is 0.211 e. The van der Waals surface area contributed by atoms with E-state index < -0.39 is 10.0 Å². The van der Waals surface area contributed by atoms with Gasteiger partial charge in [-0.05, 0) is 25.8 Å². The molecule has 118 valence electrons. The molecule has 0 spiro atoms. The summed E-state index contributed by atoms with van der Waals surface area (Å²) in [7, 11) is -3.14. The minimum atomic E-state index is -3.14. The molecule has 1 fully saturated rings. The Bertz CT molecular complexity index is 754. The van der Waals surface area contributed by atoms with Crippen molar-refractivity contribution in [3.63, 3.8) is 0 Å². The normalized spacial score (nSPS) is 20.2. The molecule has 0 radical (unpaired) electrons. The van der Waals surface area contributed by atoms with Gasteiger partial charge in [0.05, 0.1) is 18.1 Å². The van der Waals surface area contributed by atoms with Crippen molar-refractivity contribution in [2.75, 3.05) is 19.3 Å². The van der Waals surface area contributed by atoms with Crippen molar-refractivity contribution < 1.29 is 8.42 Å². The molecular formula is C14H19N5O2S. The molecule has 0 bridgehead atoms. The van der Waals surface area contributed by atoms with E-state index >= 15 is 0 Å². The molecule has 1 aliphatic heterocycles. The van der Waals surface area contributed by atoms with Crippen molar-refractivity contribution in [1.82, 2.24) is 24.5 Å². The van der Waals surface area contributed by atoms with Gasteiger partial charge in [0.15, 0.2) is 0 Å². The molecule has 1 N–H and O–H groups in total. The van der Waals surface area contributed by atoms with Crippen LogP contribution in [0.3, 0.4) is 0 Å². The van der Waals surface area contributed by atoms with Crippen LogP contribution in [0.5, 0.6) is 0 Å². The molecule has 0 saturated carbocycles. The third kappa shape index (κ3) is 3.17. The Hall–Kier alpha value is -1.80. The fourth-order valence-corrected chi connectivity index (χ4v) is 3.63. The predicted octanol–water partition coefficient (Wildman–Crippen LogP) is 1.31. The van der Waals surface area contributed by atoms with E-state index in [1.807, 2.05) is 13.0 Å². The number of H-pyrrole nitrogens is 1. The molecule has 22 heavy (non-hydrogen) atoms. The van der Waals surface area contributed by atoms with Crippen LogP contribution in [0.2, 0.25) is 0 Å². The van der Waals surface area contributed by atoms with Gasteiger partial charge in [0.1, 0.15) is 11.4 Å². The van der Waals surface area contributed by atoms with E-state index in [-0.39, 0.29) is 5.92 Å². The molecule has 3 heterocycles. The van der Waals surface area contributed by atoms with Crippen molar-refractivity contribution in [1.29, 1.82) is 0 Å². The number of aryl methyl sites for hydroxylation is 1. The van der Waals surface area contributed by atoms with Crippen LogP contribution in [0, 0.1) is 6.92 Å². The zero-order valence-corrected chi connectivity index (χ0v) is 13.5. The van der Waals surface area contributed by atoms with Gasteiger partial charge in [-0.15, -0.1) is 0 Å². The first-order chi connectivity index (χ1) is 10.4. The number of piperidine rings is 1. The molecule has 1 unspecified atom stereocenters. The first kappa shape index (κ1) is 15.1. The molecule has 0 aromatic carbocycles. The van der Waals surface area contributed by atoms with Crippen LogP contribution >= 0.6 is 0 Å². The Balaban J connectivity index is 1.78. The third-order valence-electron chi connectivity index (χ3n) is 3.91. The van der Waals surface area contributed by atoms with Crippen LogP contribution in [0.4, 0.5) is 0 Å².